The zero-order valence-corrected chi connectivity index (χ0v) is 16.5. The molecule has 0 aliphatic heterocycles. The van der Waals surface area contributed by atoms with Crippen LogP contribution in [0.25, 0.3) is 0 Å². The zero-order valence-electron chi connectivity index (χ0n) is 16.5. The molecule has 0 spiro atoms. The third kappa shape index (κ3) is 8.25. The van der Waals surface area contributed by atoms with Gasteiger partial charge in [0.1, 0.15) is 6.04 Å². The van der Waals surface area contributed by atoms with Gasteiger partial charge < -0.3 is 21.7 Å². The summed E-state index contributed by atoms with van der Waals surface area (Å²) in [5.74, 6) is -2.55. The third-order valence-corrected chi connectivity index (χ3v) is 4.34. The highest BCUT2D eigenvalue weighted by Crippen LogP contribution is 2.18. The second-order valence-corrected chi connectivity index (χ2v) is 6.61. The molecule has 156 valence electrons. The van der Waals surface area contributed by atoms with Crippen LogP contribution in [0, 0.1) is 0 Å². The van der Waals surface area contributed by atoms with Crippen LogP contribution in [0.3, 0.4) is 0 Å². The molecule has 0 saturated carbocycles. The Balaban J connectivity index is 0.000000359. The number of hydrogen-bond donors (Lipinski definition) is 4. The van der Waals surface area contributed by atoms with Gasteiger partial charge in [0.2, 0.25) is 0 Å². The molecule has 0 aliphatic rings. The van der Waals surface area contributed by atoms with E-state index in [9.17, 15) is 14.4 Å². The number of carbonyl (C=O) groups is 3. The first-order valence-electron chi connectivity index (χ1n) is 9.38. The lowest BCUT2D eigenvalue weighted by atomic mass is 9.96. The molecule has 0 radical (unpaired) electrons. The van der Waals surface area contributed by atoms with Gasteiger partial charge in [-0.05, 0) is 37.9 Å². The molecular formula is C22H28N2O5. The van der Waals surface area contributed by atoms with Crippen LogP contribution < -0.4 is 11.5 Å². The van der Waals surface area contributed by atoms with Gasteiger partial charge in [-0.1, -0.05) is 55.0 Å². The summed E-state index contributed by atoms with van der Waals surface area (Å²) < 4.78 is 0. The van der Waals surface area contributed by atoms with Gasteiger partial charge in [-0.15, -0.1) is 0 Å². The van der Waals surface area contributed by atoms with E-state index in [2.05, 4.69) is 0 Å². The average Bonchev–Trinajstić information content (AvgIpc) is 2.73. The average molecular weight is 400 g/mol. The Morgan fingerprint density at radius 2 is 1.52 bits per heavy atom. The van der Waals surface area contributed by atoms with Gasteiger partial charge in [0.05, 0.1) is 5.92 Å². The molecular weight excluding hydrogens is 372 g/mol. The molecule has 7 heteroatoms. The summed E-state index contributed by atoms with van der Waals surface area (Å²) in [5, 5.41) is 17.3. The zero-order chi connectivity index (χ0) is 21.8. The standard InChI is InChI=1S/C16H14O3.C6H14N2O2/c1-11(16(18)19)13-8-5-9-14(10-13)15(17)12-6-3-2-4-7-12;7-4-2-1-3-5(8)6(9)10/h2-11H,1H3,(H,18,19);5H,1-4,7-8H2,(H,9,10)/t11-;5-/m10/s1. The third-order valence-electron chi connectivity index (χ3n) is 4.34. The van der Waals surface area contributed by atoms with Gasteiger partial charge in [0.25, 0.3) is 0 Å². The molecule has 0 heterocycles. The van der Waals surface area contributed by atoms with Gasteiger partial charge in [0.15, 0.2) is 5.78 Å². The molecule has 2 aromatic rings. The molecule has 2 atom stereocenters. The van der Waals surface area contributed by atoms with Gasteiger partial charge in [-0.2, -0.15) is 0 Å². The van der Waals surface area contributed by atoms with Crippen LogP contribution in [0.2, 0.25) is 0 Å². The van der Waals surface area contributed by atoms with Crippen LogP contribution in [0.5, 0.6) is 0 Å². The SMILES string of the molecule is C[C@@H](C(=O)O)c1cccc(C(=O)c2ccccc2)c1.NCCCC[C@H](N)C(=O)O. The fourth-order valence-electron chi connectivity index (χ4n) is 2.48. The molecule has 0 unspecified atom stereocenters. The normalized spacial score (nSPS) is 12.2. The largest absolute Gasteiger partial charge is 0.481 e. The maximum atomic E-state index is 12.2. The number of ketones is 1. The first kappa shape index (κ1) is 24.0. The quantitative estimate of drug-likeness (QED) is 0.374. The van der Waals surface area contributed by atoms with E-state index in [4.69, 9.17) is 21.7 Å². The molecule has 7 nitrogen and oxygen atoms in total. The Bertz CT molecular complexity index is 808. The molecule has 0 saturated heterocycles. The maximum Gasteiger partial charge on any atom is 0.320 e. The Labute approximate surface area is 170 Å². The number of nitrogens with two attached hydrogens (primary N) is 2. The number of carboxylic acids is 2. The number of benzene rings is 2. The fourth-order valence-corrected chi connectivity index (χ4v) is 2.48. The maximum absolute atomic E-state index is 12.2. The summed E-state index contributed by atoms with van der Waals surface area (Å²) in [6.45, 7) is 2.21. The monoisotopic (exact) mass is 400 g/mol. The van der Waals surface area contributed by atoms with Crippen molar-refractivity contribution in [1.82, 2.24) is 0 Å². The minimum absolute atomic E-state index is 0.0972. The number of carboxylic acid groups (broad SMARTS) is 2. The van der Waals surface area contributed by atoms with E-state index < -0.39 is 23.9 Å². The summed E-state index contributed by atoms with van der Waals surface area (Å²) in [7, 11) is 0. The minimum atomic E-state index is -0.933. The summed E-state index contributed by atoms with van der Waals surface area (Å²) in [4.78, 5) is 33.3. The van der Waals surface area contributed by atoms with E-state index in [0.717, 1.165) is 12.8 Å². The lowest BCUT2D eigenvalue weighted by Crippen LogP contribution is -2.29. The van der Waals surface area contributed by atoms with E-state index in [1.807, 2.05) is 6.07 Å². The highest BCUT2D eigenvalue weighted by molar-refractivity contribution is 6.09. The van der Waals surface area contributed by atoms with Crippen molar-refractivity contribution in [3.8, 4) is 0 Å². The summed E-state index contributed by atoms with van der Waals surface area (Å²) in [5.41, 5.74) is 12.2. The lowest BCUT2D eigenvalue weighted by molar-refractivity contribution is -0.139. The predicted octanol–water partition coefficient (Wildman–Crippen LogP) is 2.63. The topological polar surface area (TPSA) is 144 Å². The van der Waals surface area contributed by atoms with Crippen molar-refractivity contribution in [1.29, 1.82) is 0 Å². The molecule has 0 bridgehead atoms. The van der Waals surface area contributed by atoms with Crippen molar-refractivity contribution in [3.05, 3.63) is 71.3 Å². The first-order chi connectivity index (χ1) is 13.8. The van der Waals surface area contributed by atoms with Crippen LogP contribution in [-0.4, -0.2) is 40.5 Å². The van der Waals surface area contributed by atoms with Gasteiger partial charge >= 0.3 is 11.9 Å². The molecule has 0 aromatic heterocycles. The van der Waals surface area contributed by atoms with Crippen molar-refractivity contribution < 1.29 is 24.6 Å². The molecule has 2 aromatic carbocycles. The molecule has 0 fully saturated rings. The molecule has 0 amide bonds. The summed E-state index contributed by atoms with van der Waals surface area (Å²) in [6.07, 6.45) is 2.16. The number of hydrogen-bond acceptors (Lipinski definition) is 5. The Kier molecular flexibility index (Phi) is 10.3. The van der Waals surface area contributed by atoms with Crippen LogP contribution in [0.4, 0.5) is 0 Å². The molecule has 2 rings (SSSR count). The van der Waals surface area contributed by atoms with Crippen LogP contribution in [0.15, 0.2) is 54.6 Å². The second-order valence-electron chi connectivity index (χ2n) is 6.61. The van der Waals surface area contributed by atoms with Gasteiger partial charge in [-0.3, -0.25) is 14.4 Å². The minimum Gasteiger partial charge on any atom is -0.481 e. The van der Waals surface area contributed by atoms with Crippen LogP contribution in [0.1, 0.15) is 53.6 Å². The van der Waals surface area contributed by atoms with Crippen molar-refractivity contribution in [2.24, 2.45) is 11.5 Å². The molecule has 6 N–H and O–H groups in total. The highest BCUT2D eigenvalue weighted by atomic mass is 16.4. The molecule has 0 aliphatic carbocycles. The van der Waals surface area contributed by atoms with Gasteiger partial charge in [-0.25, -0.2) is 0 Å². The van der Waals surface area contributed by atoms with E-state index in [0.29, 0.717) is 29.7 Å². The summed E-state index contributed by atoms with van der Waals surface area (Å²) >= 11 is 0. The number of unbranched alkanes of at least 4 members (excludes halogenated alkanes) is 1. The van der Waals surface area contributed by atoms with E-state index >= 15 is 0 Å². The van der Waals surface area contributed by atoms with Crippen molar-refractivity contribution in [2.45, 2.75) is 38.1 Å². The Hall–Kier alpha value is -3.03. The smallest absolute Gasteiger partial charge is 0.320 e. The van der Waals surface area contributed by atoms with Crippen LogP contribution >= 0.6 is 0 Å². The van der Waals surface area contributed by atoms with E-state index in [1.165, 1.54) is 0 Å². The Morgan fingerprint density at radius 3 is 2.07 bits per heavy atom. The Morgan fingerprint density at radius 1 is 0.897 bits per heavy atom. The van der Waals surface area contributed by atoms with Crippen molar-refractivity contribution in [3.63, 3.8) is 0 Å². The fraction of sp³-hybridized carbons (Fsp3) is 0.318. The first-order valence-corrected chi connectivity index (χ1v) is 9.38. The molecule has 29 heavy (non-hydrogen) atoms. The highest BCUT2D eigenvalue weighted by Gasteiger charge is 2.16. The second kappa shape index (κ2) is 12.4. The number of carbonyl (C=O) groups excluding carboxylic acids is 1. The predicted molar refractivity (Wildman–Crippen MR) is 111 cm³/mol. The van der Waals surface area contributed by atoms with Gasteiger partial charge in [0, 0.05) is 11.1 Å². The van der Waals surface area contributed by atoms with Crippen molar-refractivity contribution in [2.75, 3.05) is 6.54 Å². The van der Waals surface area contributed by atoms with Crippen LogP contribution in [-0.2, 0) is 9.59 Å². The summed E-state index contributed by atoms with van der Waals surface area (Å²) in [6, 6.07) is 15.0. The number of aliphatic carboxylic acids is 2. The van der Waals surface area contributed by atoms with E-state index in [1.54, 1.807) is 55.5 Å². The van der Waals surface area contributed by atoms with E-state index in [-0.39, 0.29) is 5.78 Å². The lowest BCUT2D eigenvalue weighted by Gasteiger charge is -2.08. The van der Waals surface area contributed by atoms with Crippen molar-refractivity contribution >= 4 is 17.7 Å². The number of rotatable bonds is 9.